The Labute approximate surface area is 74.2 Å². The predicted octanol–water partition coefficient (Wildman–Crippen LogP) is -0.670. The van der Waals surface area contributed by atoms with Gasteiger partial charge in [-0.1, -0.05) is 0 Å². The molecule has 0 aromatic carbocycles. The summed E-state index contributed by atoms with van der Waals surface area (Å²) >= 11 is 0. The molecule has 0 amide bonds. The van der Waals surface area contributed by atoms with Gasteiger partial charge in [0.05, 0.1) is 0 Å². The molecule has 1 aromatic rings. The van der Waals surface area contributed by atoms with E-state index >= 15 is 0 Å². The zero-order valence-electron chi connectivity index (χ0n) is 7.12. The lowest BCUT2D eigenvalue weighted by Gasteiger charge is -2.07. The van der Waals surface area contributed by atoms with Crippen molar-refractivity contribution in [3.8, 4) is 0 Å². The van der Waals surface area contributed by atoms with E-state index in [2.05, 4.69) is 4.98 Å². The molecule has 2 rings (SSSR count). The van der Waals surface area contributed by atoms with E-state index in [4.69, 9.17) is 5.73 Å². The Morgan fingerprint density at radius 3 is 2.77 bits per heavy atom. The van der Waals surface area contributed by atoms with Gasteiger partial charge in [-0.25, -0.2) is 4.79 Å². The summed E-state index contributed by atoms with van der Waals surface area (Å²) in [5.74, 6) is 0. The van der Waals surface area contributed by atoms with Crippen LogP contribution in [0.3, 0.4) is 0 Å². The lowest BCUT2D eigenvalue weighted by atomic mass is 10.4. The summed E-state index contributed by atoms with van der Waals surface area (Å²) in [4.78, 5) is 24.5. The normalized spacial score (nSPS) is 16.1. The minimum Gasteiger partial charge on any atom is -0.325 e. The molecule has 0 atom stereocenters. The Balaban J connectivity index is 2.63. The topological polar surface area (TPSA) is 80.9 Å². The number of aromatic nitrogens is 2. The van der Waals surface area contributed by atoms with Gasteiger partial charge in [0.1, 0.15) is 0 Å². The molecule has 13 heavy (non-hydrogen) atoms. The third kappa shape index (κ3) is 1.42. The molecule has 5 heteroatoms. The molecule has 0 spiro atoms. The van der Waals surface area contributed by atoms with Gasteiger partial charge in [-0.2, -0.15) is 0 Å². The van der Waals surface area contributed by atoms with Crippen LogP contribution >= 0.6 is 0 Å². The second kappa shape index (κ2) is 2.85. The van der Waals surface area contributed by atoms with Crippen LogP contribution in [0.4, 0.5) is 0 Å². The third-order valence-electron chi connectivity index (χ3n) is 2.18. The van der Waals surface area contributed by atoms with Crippen LogP contribution in [-0.2, 0) is 6.54 Å². The van der Waals surface area contributed by atoms with Gasteiger partial charge in [0.2, 0.25) is 0 Å². The smallest absolute Gasteiger partial charge is 0.325 e. The van der Waals surface area contributed by atoms with Crippen molar-refractivity contribution >= 4 is 0 Å². The van der Waals surface area contributed by atoms with E-state index in [0.29, 0.717) is 5.69 Å². The van der Waals surface area contributed by atoms with Gasteiger partial charge in [-0.05, 0) is 12.8 Å². The Morgan fingerprint density at radius 2 is 2.23 bits per heavy atom. The summed E-state index contributed by atoms with van der Waals surface area (Å²) in [6.45, 7) is 0.232. The molecule has 1 aliphatic rings. The summed E-state index contributed by atoms with van der Waals surface area (Å²) in [5.41, 5.74) is 5.35. The molecule has 0 aliphatic heterocycles. The minimum atomic E-state index is -0.373. The summed E-state index contributed by atoms with van der Waals surface area (Å²) < 4.78 is 1.58. The first kappa shape index (κ1) is 8.25. The van der Waals surface area contributed by atoms with Crippen molar-refractivity contribution in [2.24, 2.45) is 5.73 Å². The second-order valence-electron chi connectivity index (χ2n) is 3.24. The number of nitrogens with two attached hydrogens (primary N) is 1. The Hall–Kier alpha value is -1.36. The number of hydrogen-bond acceptors (Lipinski definition) is 3. The maximum Gasteiger partial charge on any atom is 0.328 e. The Kier molecular flexibility index (Phi) is 1.81. The molecule has 1 aliphatic carbocycles. The van der Waals surface area contributed by atoms with Crippen LogP contribution in [0.25, 0.3) is 0 Å². The van der Waals surface area contributed by atoms with E-state index in [1.54, 1.807) is 4.57 Å². The molecule has 70 valence electrons. The fourth-order valence-electron chi connectivity index (χ4n) is 1.44. The summed E-state index contributed by atoms with van der Waals surface area (Å²) in [5, 5.41) is 0. The molecule has 0 bridgehead atoms. The van der Waals surface area contributed by atoms with Gasteiger partial charge in [-0.3, -0.25) is 14.3 Å². The van der Waals surface area contributed by atoms with E-state index in [1.807, 2.05) is 0 Å². The molecule has 1 saturated carbocycles. The minimum absolute atomic E-state index is 0.232. The average Bonchev–Trinajstić information content (AvgIpc) is 2.86. The Morgan fingerprint density at radius 1 is 1.54 bits per heavy atom. The van der Waals surface area contributed by atoms with E-state index in [-0.39, 0.29) is 23.8 Å². The van der Waals surface area contributed by atoms with Crippen molar-refractivity contribution in [2.75, 3.05) is 0 Å². The molecule has 1 heterocycles. The maximum absolute atomic E-state index is 11.4. The van der Waals surface area contributed by atoms with Crippen LogP contribution < -0.4 is 17.0 Å². The highest BCUT2D eigenvalue weighted by atomic mass is 16.2. The summed E-state index contributed by atoms with van der Waals surface area (Å²) in [7, 11) is 0. The Bertz CT molecular complexity index is 428. The molecular weight excluding hydrogens is 170 g/mol. The monoisotopic (exact) mass is 181 g/mol. The number of H-pyrrole nitrogens is 1. The van der Waals surface area contributed by atoms with Crippen molar-refractivity contribution in [1.82, 2.24) is 9.55 Å². The zero-order chi connectivity index (χ0) is 9.42. The van der Waals surface area contributed by atoms with Crippen LogP contribution in [0.2, 0.25) is 0 Å². The van der Waals surface area contributed by atoms with E-state index in [1.165, 1.54) is 6.07 Å². The van der Waals surface area contributed by atoms with Crippen molar-refractivity contribution < 1.29 is 0 Å². The van der Waals surface area contributed by atoms with Gasteiger partial charge in [0.15, 0.2) is 0 Å². The van der Waals surface area contributed by atoms with Gasteiger partial charge in [0, 0.05) is 24.3 Å². The predicted molar refractivity (Wildman–Crippen MR) is 47.5 cm³/mol. The van der Waals surface area contributed by atoms with Crippen molar-refractivity contribution in [1.29, 1.82) is 0 Å². The number of nitrogens with one attached hydrogen (secondary N) is 1. The number of hydrogen-bond donors (Lipinski definition) is 2. The maximum atomic E-state index is 11.4. The van der Waals surface area contributed by atoms with Crippen molar-refractivity contribution in [3.63, 3.8) is 0 Å². The molecule has 1 fully saturated rings. The molecule has 0 radical (unpaired) electrons. The number of rotatable bonds is 2. The molecule has 5 nitrogen and oxygen atoms in total. The van der Waals surface area contributed by atoms with Crippen molar-refractivity contribution in [3.05, 3.63) is 32.6 Å². The molecule has 3 N–H and O–H groups in total. The lowest BCUT2D eigenvalue weighted by Crippen LogP contribution is -2.32. The second-order valence-corrected chi connectivity index (χ2v) is 3.24. The highest BCUT2D eigenvalue weighted by Gasteiger charge is 2.26. The third-order valence-corrected chi connectivity index (χ3v) is 2.18. The van der Waals surface area contributed by atoms with Crippen LogP contribution in [-0.4, -0.2) is 9.55 Å². The van der Waals surface area contributed by atoms with E-state index in [0.717, 1.165) is 12.8 Å². The van der Waals surface area contributed by atoms with Crippen LogP contribution in [0.15, 0.2) is 15.7 Å². The standard InChI is InChI=1S/C8H11N3O2/c9-4-6-3-7(12)10-8(13)11(6)5-1-2-5/h3,5H,1-2,4,9H2,(H,10,12,13). The van der Waals surface area contributed by atoms with Crippen LogP contribution in [0.1, 0.15) is 24.6 Å². The SMILES string of the molecule is NCc1cc(=O)[nH]c(=O)n1C1CC1. The van der Waals surface area contributed by atoms with Crippen LogP contribution in [0, 0.1) is 0 Å². The molecular formula is C8H11N3O2. The highest BCUT2D eigenvalue weighted by molar-refractivity contribution is 5.04. The summed E-state index contributed by atoms with van der Waals surface area (Å²) in [6, 6.07) is 1.64. The number of nitrogens with zero attached hydrogens (tertiary/aromatic N) is 1. The van der Waals surface area contributed by atoms with Gasteiger partial charge < -0.3 is 5.73 Å². The fourth-order valence-corrected chi connectivity index (χ4v) is 1.44. The van der Waals surface area contributed by atoms with Gasteiger partial charge >= 0.3 is 5.69 Å². The van der Waals surface area contributed by atoms with E-state index in [9.17, 15) is 9.59 Å². The molecule has 0 saturated heterocycles. The fraction of sp³-hybridized carbons (Fsp3) is 0.500. The quantitative estimate of drug-likeness (QED) is 0.635. The molecule has 0 unspecified atom stereocenters. The molecule has 1 aromatic heterocycles. The largest absolute Gasteiger partial charge is 0.328 e. The highest BCUT2D eigenvalue weighted by Crippen LogP contribution is 2.33. The average molecular weight is 181 g/mol. The first-order valence-electron chi connectivity index (χ1n) is 4.27. The van der Waals surface area contributed by atoms with Gasteiger partial charge in [0.25, 0.3) is 5.56 Å². The van der Waals surface area contributed by atoms with E-state index < -0.39 is 0 Å². The van der Waals surface area contributed by atoms with Crippen LogP contribution in [0.5, 0.6) is 0 Å². The summed E-state index contributed by atoms with van der Waals surface area (Å²) in [6.07, 6.45) is 2.00. The zero-order valence-corrected chi connectivity index (χ0v) is 7.12. The lowest BCUT2D eigenvalue weighted by molar-refractivity contribution is 0.631. The first-order valence-corrected chi connectivity index (χ1v) is 4.27. The first-order chi connectivity index (χ1) is 6.22. The number of aromatic amines is 1. The van der Waals surface area contributed by atoms with Crippen molar-refractivity contribution in [2.45, 2.75) is 25.4 Å². The van der Waals surface area contributed by atoms with Gasteiger partial charge in [-0.15, -0.1) is 0 Å².